The highest BCUT2D eigenvalue weighted by atomic mass is 16.2. The van der Waals surface area contributed by atoms with E-state index < -0.39 is 23.8 Å². The first kappa shape index (κ1) is 29.8. The van der Waals surface area contributed by atoms with Gasteiger partial charge in [0.05, 0.1) is 0 Å². The number of hydrogen-bond acceptors (Lipinski definition) is 3. The van der Waals surface area contributed by atoms with Gasteiger partial charge in [-0.1, -0.05) is 93.6 Å². The molecular weight excluding hydrogens is 522 g/mol. The van der Waals surface area contributed by atoms with E-state index in [2.05, 4.69) is 66.8 Å². The minimum Gasteiger partial charge on any atom is -0.369 e. The van der Waals surface area contributed by atoms with Crippen LogP contribution in [0.25, 0.3) is 21.9 Å². The molecule has 3 amide bonds. The second-order valence-electron chi connectivity index (χ2n) is 12.4. The van der Waals surface area contributed by atoms with Crippen LogP contribution in [0.2, 0.25) is 0 Å². The van der Waals surface area contributed by atoms with E-state index in [4.69, 9.17) is 5.73 Å². The Balaban J connectivity index is 1.29. The molecule has 2 aliphatic rings. The first-order chi connectivity index (χ1) is 20.4. The molecule has 1 saturated heterocycles. The van der Waals surface area contributed by atoms with Crippen LogP contribution >= 0.6 is 0 Å². The molecule has 1 heterocycles. The number of nitrogens with two attached hydrogens (primary N) is 1. The topological polar surface area (TPSA) is 92.5 Å². The zero-order chi connectivity index (χ0) is 29.5. The third-order valence-electron chi connectivity index (χ3n) is 9.35. The average molecular weight is 568 g/mol. The van der Waals surface area contributed by atoms with Gasteiger partial charge in [-0.05, 0) is 77.6 Å². The van der Waals surface area contributed by atoms with Gasteiger partial charge in [0.25, 0.3) is 0 Å². The third kappa shape index (κ3) is 7.21. The maximum Gasteiger partial charge on any atom is 0.245 e. The molecule has 222 valence electrons. The van der Waals surface area contributed by atoms with E-state index in [1.165, 1.54) is 17.2 Å². The fourth-order valence-corrected chi connectivity index (χ4v) is 6.62. The van der Waals surface area contributed by atoms with Crippen molar-refractivity contribution in [3.8, 4) is 11.1 Å². The van der Waals surface area contributed by atoms with Crippen LogP contribution < -0.4 is 11.1 Å². The Labute approximate surface area is 250 Å². The Morgan fingerprint density at radius 3 is 2.43 bits per heavy atom. The number of nitrogens with one attached hydrogen (secondary N) is 1. The van der Waals surface area contributed by atoms with Gasteiger partial charge in [-0.15, -0.1) is 0 Å². The summed E-state index contributed by atoms with van der Waals surface area (Å²) in [6.45, 7) is 3.24. The Bertz CT molecular complexity index is 1400. The smallest absolute Gasteiger partial charge is 0.245 e. The Morgan fingerprint density at radius 1 is 0.905 bits per heavy atom. The van der Waals surface area contributed by atoms with Crippen molar-refractivity contribution in [2.75, 3.05) is 6.54 Å². The van der Waals surface area contributed by atoms with Gasteiger partial charge in [-0.25, -0.2) is 0 Å². The number of carbonyl (C=O) groups is 3. The first-order valence-corrected chi connectivity index (χ1v) is 15.9. The molecular formula is C36H45N3O3. The maximum absolute atomic E-state index is 13.8. The van der Waals surface area contributed by atoms with E-state index in [-0.39, 0.29) is 11.8 Å². The van der Waals surface area contributed by atoms with Crippen molar-refractivity contribution in [3.63, 3.8) is 0 Å². The zero-order valence-electron chi connectivity index (χ0n) is 24.9. The summed E-state index contributed by atoms with van der Waals surface area (Å²) in [5, 5.41) is 5.52. The minimum atomic E-state index is -0.577. The summed E-state index contributed by atoms with van der Waals surface area (Å²) in [7, 11) is 0. The molecule has 6 heteroatoms. The molecule has 6 nitrogen and oxygen atoms in total. The van der Waals surface area contributed by atoms with Gasteiger partial charge in [0.15, 0.2) is 0 Å². The quantitative estimate of drug-likeness (QED) is 0.258. The summed E-state index contributed by atoms with van der Waals surface area (Å²) in [6.07, 6.45) is 8.84. The van der Waals surface area contributed by atoms with Crippen molar-refractivity contribution in [1.29, 1.82) is 0 Å². The number of likely N-dealkylation sites (tertiary alicyclic amines) is 1. The lowest BCUT2D eigenvalue weighted by atomic mass is 9.73. The van der Waals surface area contributed by atoms with Gasteiger partial charge in [-0.2, -0.15) is 0 Å². The fraction of sp³-hybridized carbons (Fsp3) is 0.472. The van der Waals surface area contributed by atoms with Gasteiger partial charge in [0.2, 0.25) is 17.7 Å². The second kappa shape index (κ2) is 14.0. The average Bonchev–Trinajstić information content (AvgIpc) is 3.14. The van der Waals surface area contributed by atoms with Crippen LogP contribution in [0.4, 0.5) is 0 Å². The lowest BCUT2D eigenvalue weighted by Crippen LogP contribution is -2.51. The van der Waals surface area contributed by atoms with Crippen LogP contribution in [0.15, 0.2) is 66.7 Å². The van der Waals surface area contributed by atoms with Gasteiger partial charge in [0, 0.05) is 24.9 Å². The summed E-state index contributed by atoms with van der Waals surface area (Å²) in [6, 6.07) is 22.6. The monoisotopic (exact) mass is 567 g/mol. The number of primary amides is 1. The third-order valence-corrected chi connectivity index (χ3v) is 9.35. The van der Waals surface area contributed by atoms with Crippen molar-refractivity contribution in [2.24, 2.45) is 23.5 Å². The molecule has 1 saturated carbocycles. The fourth-order valence-electron chi connectivity index (χ4n) is 6.62. The molecule has 0 aromatic heterocycles. The lowest BCUT2D eigenvalue weighted by Gasteiger charge is -2.33. The van der Waals surface area contributed by atoms with Crippen molar-refractivity contribution in [1.82, 2.24) is 10.2 Å². The second-order valence-corrected chi connectivity index (χ2v) is 12.4. The zero-order valence-corrected chi connectivity index (χ0v) is 24.9. The number of benzene rings is 3. The first-order valence-electron chi connectivity index (χ1n) is 15.9. The predicted molar refractivity (Wildman–Crippen MR) is 168 cm³/mol. The summed E-state index contributed by atoms with van der Waals surface area (Å²) in [5.74, 6) is -1.12. The SMILES string of the molecule is CCCC[C@H](C(N)=O)[C@@H](CC1CCC1)C(=O)N[C@H]1CCCCN(Cc2cccc(-c3ccc4ccccc4c3)c2)C1=O. The van der Waals surface area contributed by atoms with Crippen LogP contribution in [0.3, 0.4) is 0 Å². The molecule has 3 N–H and O–H groups in total. The molecule has 0 radical (unpaired) electrons. The standard InChI is InChI=1S/C36H45N3O3/c1-2-3-16-31(34(37)40)32(22-25-10-8-11-25)35(41)38-33-17-6-7-20-39(36(33)42)24-26-12-9-15-28(21-26)30-19-18-27-13-4-5-14-29(27)23-30/h4-5,9,12-15,18-19,21,23,25,31-33H,2-3,6-8,10-11,16-17,20,22,24H2,1H3,(H2,37,40)(H,38,41)/t31-,32+,33-/m0/s1. The molecule has 42 heavy (non-hydrogen) atoms. The van der Waals surface area contributed by atoms with Crippen LogP contribution in [0, 0.1) is 17.8 Å². The molecule has 5 rings (SSSR count). The highest BCUT2D eigenvalue weighted by Gasteiger charge is 2.38. The Kier molecular flexibility index (Phi) is 9.93. The Morgan fingerprint density at radius 2 is 1.69 bits per heavy atom. The number of unbranched alkanes of at least 4 members (excludes halogenated alkanes) is 1. The van der Waals surface area contributed by atoms with Gasteiger partial charge >= 0.3 is 0 Å². The minimum absolute atomic E-state index is 0.0384. The number of carbonyl (C=O) groups excluding carboxylic acids is 3. The van der Waals surface area contributed by atoms with Gasteiger partial charge in [-0.3, -0.25) is 14.4 Å². The molecule has 3 aromatic rings. The normalized spacial score (nSPS) is 19.1. The molecule has 0 unspecified atom stereocenters. The summed E-state index contributed by atoms with van der Waals surface area (Å²) < 4.78 is 0. The summed E-state index contributed by atoms with van der Waals surface area (Å²) in [4.78, 5) is 41.9. The van der Waals surface area contributed by atoms with Crippen LogP contribution in [-0.4, -0.2) is 35.2 Å². The molecule has 1 aliphatic carbocycles. The van der Waals surface area contributed by atoms with Gasteiger partial charge in [0.1, 0.15) is 6.04 Å². The van der Waals surface area contributed by atoms with E-state index in [0.717, 1.165) is 55.2 Å². The van der Waals surface area contributed by atoms with Crippen molar-refractivity contribution in [2.45, 2.75) is 83.7 Å². The summed E-state index contributed by atoms with van der Waals surface area (Å²) in [5.41, 5.74) is 9.16. The van der Waals surface area contributed by atoms with Crippen LogP contribution in [0.5, 0.6) is 0 Å². The van der Waals surface area contributed by atoms with Crippen molar-refractivity contribution in [3.05, 3.63) is 72.3 Å². The molecule has 1 aliphatic heterocycles. The predicted octanol–water partition coefficient (Wildman–Crippen LogP) is 6.60. The Hall–Kier alpha value is -3.67. The van der Waals surface area contributed by atoms with Crippen LogP contribution in [-0.2, 0) is 20.9 Å². The summed E-state index contributed by atoms with van der Waals surface area (Å²) >= 11 is 0. The number of fused-ring (bicyclic) bond motifs is 1. The number of hydrogen-bond donors (Lipinski definition) is 2. The van der Waals surface area contributed by atoms with E-state index >= 15 is 0 Å². The van der Waals surface area contributed by atoms with Crippen LogP contribution in [0.1, 0.15) is 76.7 Å². The van der Waals surface area contributed by atoms with Crippen molar-refractivity contribution >= 4 is 28.5 Å². The number of amides is 3. The molecule has 0 bridgehead atoms. The molecule has 2 fully saturated rings. The highest BCUT2D eigenvalue weighted by molar-refractivity contribution is 5.91. The van der Waals surface area contributed by atoms with Crippen molar-refractivity contribution < 1.29 is 14.4 Å². The lowest BCUT2D eigenvalue weighted by molar-refractivity contribution is -0.139. The number of nitrogens with zero attached hydrogens (tertiary/aromatic N) is 1. The molecule has 0 spiro atoms. The molecule has 3 atom stereocenters. The van der Waals surface area contributed by atoms with E-state index in [9.17, 15) is 14.4 Å². The van der Waals surface area contributed by atoms with E-state index in [0.29, 0.717) is 38.3 Å². The number of rotatable bonds is 12. The van der Waals surface area contributed by atoms with E-state index in [1.54, 1.807) is 0 Å². The maximum atomic E-state index is 13.8. The van der Waals surface area contributed by atoms with E-state index in [1.807, 2.05) is 17.0 Å². The largest absolute Gasteiger partial charge is 0.369 e. The van der Waals surface area contributed by atoms with Gasteiger partial charge < -0.3 is 16.0 Å². The highest BCUT2D eigenvalue weighted by Crippen LogP contribution is 2.36. The molecule has 3 aromatic carbocycles.